The summed E-state index contributed by atoms with van der Waals surface area (Å²) in [5.41, 5.74) is 2.23. The first kappa shape index (κ1) is 23.6. The summed E-state index contributed by atoms with van der Waals surface area (Å²) in [5.74, 6) is 0.482. The molecular formula is C24H31NO5. The Labute approximate surface area is 178 Å². The Balaban J connectivity index is 1.74. The SMILES string of the molecule is CCCCOc1ccc(N=Cc2ccc(C(=O)OCCOCCOCC)cc2)cc1. The zero-order chi connectivity index (χ0) is 21.4. The van der Waals surface area contributed by atoms with Crippen molar-refractivity contribution in [2.24, 2.45) is 4.99 Å². The van der Waals surface area contributed by atoms with Gasteiger partial charge in [0.25, 0.3) is 0 Å². The van der Waals surface area contributed by atoms with Crippen molar-refractivity contribution in [2.45, 2.75) is 26.7 Å². The average molecular weight is 414 g/mol. The molecule has 0 aliphatic heterocycles. The third-order valence-corrected chi connectivity index (χ3v) is 4.15. The summed E-state index contributed by atoms with van der Waals surface area (Å²) in [5, 5.41) is 0. The van der Waals surface area contributed by atoms with Crippen LogP contribution in [0.4, 0.5) is 5.69 Å². The van der Waals surface area contributed by atoms with Crippen LogP contribution in [-0.2, 0) is 14.2 Å². The van der Waals surface area contributed by atoms with Gasteiger partial charge in [0.2, 0.25) is 0 Å². The molecule has 0 amide bonds. The van der Waals surface area contributed by atoms with E-state index >= 15 is 0 Å². The Kier molecular flexibility index (Phi) is 11.2. The number of carbonyl (C=O) groups excluding carboxylic acids is 1. The van der Waals surface area contributed by atoms with E-state index in [4.69, 9.17) is 18.9 Å². The van der Waals surface area contributed by atoms with Crippen LogP contribution in [0, 0.1) is 0 Å². The van der Waals surface area contributed by atoms with Crippen LogP contribution in [0.3, 0.4) is 0 Å². The van der Waals surface area contributed by atoms with Crippen LogP contribution in [0.15, 0.2) is 53.5 Å². The monoisotopic (exact) mass is 413 g/mol. The summed E-state index contributed by atoms with van der Waals surface area (Å²) in [7, 11) is 0. The van der Waals surface area contributed by atoms with Crippen molar-refractivity contribution >= 4 is 17.9 Å². The Hall–Kier alpha value is -2.70. The highest BCUT2D eigenvalue weighted by Gasteiger charge is 2.06. The predicted molar refractivity (Wildman–Crippen MR) is 118 cm³/mol. The standard InChI is InChI=1S/C24H31NO5/c1-3-5-14-29-23-12-10-22(11-13-23)25-19-20-6-8-21(9-7-20)24(26)30-18-17-28-16-15-27-4-2/h6-13,19H,3-5,14-18H2,1-2H3. The van der Waals surface area contributed by atoms with Crippen molar-refractivity contribution in [2.75, 3.05) is 39.6 Å². The molecule has 0 atom stereocenters. The van der Waals surface area contributed by atoms with E-state index in [1.807, 2.05) is 43.3 Å². The fourth-order valence-electron chi connectivity index (χ4n) is 2.46. The van der Waals surface area contributed by atoms with Crippen LogP contribution in [-0.4, -0.2) is 51.8 Å². The number of rotatable bonds is 14. The molecule has 0 aliphatic rings. The summed E-state index contributed by atoms with van der Waals surface area (Å²) < 4.78 is 21.3. The molecule has 0 radical (unpaired) electrons. The van der Waals surface area contributed by atoms with Crippen LogP contribution in [0.5, 0.6) is 5.75 Å². The lowest BCUT2D eigenvalue weighted by atomic mass is 10.1. The van der Waals surface area contributed by atoms with Gasteiger partial charge in [-0.15, -0.1) is 0 Å². The molecule has 6 nitrogen and oxygen atoms in total. The molecule has 0 aliphatic carbocycles. The number of hydrogen-bond acceptors (Lipinski definition) is 6. The number of hydrogen-bond donors (Lipinski definition) is 0. The van der Waals surface area contributed by atoms with Crippen LogP contribution in [0.2, 0.25) is 0 Å². The quantitative estimate of drug-likeness (QED) is 0.252. The van der Waals surface area contributed by atoms with E-state index in [1.54, 1.807) is 18.3 Å². The summed E-state index contributed by atoms with van der Waals surface area (Å²) in [6.45, 7) is 7.07. The number of ether oxygens (including phenoxy) is 4. The van der Waals surface area contributed by atoms with E-state index in [1.165, 1.54) is 0 Å². The minimum Gasteiger partial charge on any atom is -0.494 e. The largest absolute Gasteiger partial charge is 0.494 e. The second-order valence-electron chi connectivity index (χ2n) is 6.52. The van der Waals surface area contributed by atoms with Crippen molar-refractivity contribution in [3.8, 4) is 5.75 Å². The van der Waals surface area contributed by atoms with Crippen LogP contribution < -0.4 is 4.74 Å². The molecule has 0 saturated carbocycles. The zero-order valence-corrected chi connectivity index (χ0v) is 17.8. The van der Waals surface area contributed by atoms with Gasteiger partial charge in [0, 0.05) is 12.8 Å². The maximum absolute atomic E-state index is 12.0. The van der Waals surface area contributed by atoms with E-state index in [2.05, 4.69) is 11.9 Å². The molecule has 30 heavy (non-hydrogen) atoms. The van der Waals surface area contributed by atoms with Gasteiger partial charge in [0.05, 0.1) is 37.7 Å². The van der Waals surface area contributed by atoms with Gasteiger partial charge >= 0.3 is 5.97 Å². The van der Waals surface area contributed by atoms with Gasteiger partial charge in [-0.05, 0) is 55.3 Å². The van der Waals surface area contributed by atoms with Crippen molar-refractivity contribution in [1.29, 1.82) is 0 Å². The van der Waals surface area contributed by atoms with Crippen LogP contribution >= 0.6 is 0 Å². The normalized spacial score (nSPS) is 11.0. The summed E-state index contributed by atoms with van der Waals surface area (Å²) in [6, 6.07) is 14.8. The summed E-state index contributed by atoms with van der Waals surface area (Å²) in [4.78, 5) is 16.5. The van der Waals surface area contributed by atoms with E-state index in [9.17, 15) is 4.79 Å². The first-order chi connectivity index (χ1) is 14.7. The minimum atomic E-state index is -0.370. The molecule has 0 spiro atoms. The number of nitrogens with zero attached hydrogens (tertiary/aromatic N) is 1. The van der Waals surface area contributed by atoms with Gasteiger partial charge in [-0.3, -0.25) is 4.99 Å². The number of unbranched alkanes of at least 4 members (excludes halogenated alkanes) is 1. The highest BCUT2D eigenvalue weighted by atomic mass is 16.6. The Morgan fingerprint density at radius 1 is 0.867 bits per heavy atom. The van der Waals surface area contributed by atoms with Gasteiger partial charge in [0.1, 0.15) is 12.4 Å². The number of esters is 1. The number of benzene rings is 2. The Bertz CT molecular complexity index is 756. The van der Waals surface area contributed by atoms with Crippen molar-refractivity contribution < 1.29 is 23.7 Å². The first-order valence-electron chi connectivity index (χ1n) is 10.4. The third kappa shape index (κ3) is 9.20. The molecule has 2 aromatic rings. The van der Waals surface area contributed by atoms with Gasteiger partial charge in [0.15, 0.2) is 0 Å². The van der Waals surface area contributed by atoms with Crippen LogP contribution in [0.25, 0.3) is 0 Å². The lowest BCUT2D eigenvalue weighted by Gasteiger charge is -2.06. The van der Waals surface area contributed by atoms with Gasteiger partial charge in [-0.25, -0.2) is 4.79 Å². The maximum Gasteiger partial charge on any atom is 0.338 e. The van der Waals surface area contributed by atoms with E-state index in [-0.39, 0.29) is 12.6 Å². The summed E-state index contributed by atoms with van der Waals surface area (Å²) >= 11 is 0. The molecule has 0 fully saturated rings. The lowest BCUT2D eigenvalue weighted by molar-refractivity contribution is 0.0164. The van der Waals surface area contributed by atoms with Gasteiger partial charge in [-0.2, -0.15) is 0 Å². The predicted octanol–water partition coefficient (Wildman–Crippen LogP) is 4.83. The Morgan fingerprint density at radius 2 is 1.57 bits per heavy atom. The fraction of sp³-hybridized carbons (Fsp3) is 0.417. The molecule has 0 heterocycles. The third-order valence-electron chi connectivity index (χ3n) is 4.15. The lowest BCUT2D eigenvalue weighted by Crippen LogP contribution is -2.13. The van der Waals surface area contributed by atoms with Crippen molar-refractivity contribution in [3.63, 3.8) is 0 Å². The molecule has 6 heteroatoms. The highest BCUT2D eigenvalue weighted by Crippen LogP contribution is 2.18. The van der Waals surface area contributed by atoms with Crippen LogP contribution in [0.1, 0.15) is 42.6 Å². The molecule has 0 N–H and O–H groups in total. The van der Waals surface area contributed by atoms with E-state index in [0.717, 1.165) is 36.4 Å². The Morgan fingerprint density at radius 3 is 2.27 bits per heavy atom. The smallest absolute Gasteiger partial charge is 0.338 e. The van der Waals surface area contributed by atoms with Gasteiger partial charge in [-0.1, -0.05) is 25.5 Å². The molecule has 2 rings (SSSR count). The maximum atomic E-state index is 12.0. The number of aliphatic imine (C=N–C) groups is 1. The minimum absolute atomic E-state index is 0.215. The molecule has 162 valence electrons. The number of carbonyl (C=O) groups is 1. The molecule has 0 bridgehead atoms. The molecule has 0 unspecified atom stereocenters. The molecule has 2 aromatic carbocycles. The molecule has 0 saturated heterocycles. The topological polar surface area (TPSA) is 66.4 Å². The fourth-order valence-corrected chi connectivity index (χ4v) is 2.46. The average Bonchev–Trinajstić information content (AvgIpc) is 2.78. The van der Waals surface area contributed by atoms with E-state index < -0.39 is 0 Å². The molecule has 0 aromatic heterocycles. The zero-order valence-electron chi connectivity index (χ0n) is 17.8. The second-order valence-corrected chi connectivity index (χ2v) is 6.52. The highest BCUT2D eigenvalue weighted by molar-refractivity contribution is 5.91. The van der Waals surface area contributed by atoms with Crippen molar-refractivity contribution in [3.05, 3.63) is 59.7 Å². The van der Waals surface area contributed by atoms with Crippen molar-refractivity contribution in [1.82, 2.24) is 0 Å². The van der Waals surface area contributed by atoms with Gasteiger partial charge < -0.3 is 18.9 Å². The summed E-state index contributed by atoms with van der Waals surface area (Å²) in [6.07, 6.45) is 3.92. The molecular weight excluding hydrogens is 382 g/mol. The second kappa shape index (κ2) is 14.3. The first-order valence-corrected chi connectivity index (χ1v) is 10.4. The van der Waals surface area contributed by atoms with E-state index in [0.29, 0.717) is 32.0 Å².